The number of H-pyrrole nitrogens is 1. The predicted octanol–water partition coefficient (Wildman–Crippen LogP) is 3.79. The van der Waals surface area contributed by atoms with Crippen LogP contribution < -0.4 is 4.74 Å². The number of nitrogens with one attached hydrogen (secondary N) is 1. The second kappa shape index (κ2) is 5.57. The van der Waals surface area contributed by atoms with Crippen molar-refractivity contribution in [3.8, 4) is 17.0 Å². The highest BCUT2D eigenvalue weighted by Gasteiger charge is 2.07. The Kier molecular flexibility index (Phi) is 3.46. The third-order valence-electron chi connectivity index (χ3n) is 2.98. The van der Waals surface area contributed by atoms with Gasteiger partial charge in [0.25, 0.3) is 0 Å². The molecule has 0 saturated carbocycles. The fourth-order valence-corrected chi connectivity index (χ4v) is 1.95. The second-order valence-electron chi connectivity index (χ2n) is 4.39. The Labute approximate surface area is 116 Å². The number of ether oxygens (including phenoxy) is 1. The van der Waals surface area contributed by atoms with E-state index in [0.29, 0.717) is 23.6 Å². The molecule has 0 aliphatic rings. The first kappa shape index (κ1) is 12.4. The highest BCUT2D eigenvalue weighted by Crippen LogP contribution is 2.24. The van der Waals surface area contributed by atoms with Crippen LogP contribution in [0.5, 0.6) is 5.75 Å². The fourth-order valence-electron chi connectivity index (χ4n) is 1.95. The standard InChI is InChI=1S/C16H13FN2O/c17-15-10-13(20-11-12-4-2-1-3-5-12)6-7-14(15)16-8-9-18-19-16/h1-10H,11H2,(H,18,19). The molecule has 0 aliphatic carbocycles. The lowest BCUT2D eigenvalue weighted by Crippen LogP contribution is -1.96. The zero-order valence-corrected chi connectivity index (χ0v) is 10.7. The maximum absolute atomic E-state index is 14.0. The molecule has 0 fully saturated rings. The first-order valence-corrected chi connectivity index (χ1v) is 6.29. The lowest BCUT2D eigenvalue weighted by Gasteiger charge is -2.08. The van der Waals surface area contributed by atoms with Gasteiger partial charge in [0.05, 0.1) is 5.69 Å². The van der Waals surface area contributed by atoms with Gasteiger partial charge in [0.2, 0.25) is 0 Å². The van der Waals surface area contributed by atoms with Crippen molar-refractivity contribution < 1.29 is 9.13 Å². The summed E-state index contributed by atoms with van der Waals surface area (Å²) in [6.45, 7) is 0.420. The van der Waals surface area contributed by atoms with Gasteiger partial charge in [0, 0.05) is 17.8 Å². The van der Waals surface area contributed by atoms with Crippen LogP contribution in [0.25, 0.3) is 11.3 Å². The van der Waals surface area contributed by atoms with Gasteiger partial charge in [-0.3, -0.25) is 5.10 Å². The van der Waals surface area contributed by atoms with Crippen LogP contribution in [0.2, 0.25) is 0 Å². The second-order valence-corrected chi connectivity index (χ2v) is 4.39. The van der Waals surface area contributed by atoms with E-state index >= 15 is 0 Å². The molecule has 0 saturated heterocycles. The summed E-state index contributed by atoms with van der Waals surface area (Å²) in [6, 6.07) is 16.3. The topological polar surface area (TPSA) is 37.9 Å². The van der Waals surface area contributed by atoms with E-state index in [4.69, 9.17) is 4.74 Å². The van der Waals surface area contributed by atoms with Gasteiger partial charge in [0.15, 0.2) is 0 Å². The van der Waals surface area contributed by atoms with Gasteiger partial charge in [0.1, 0.15) is 18.2 Å². The average Bonchev–Trinajstić information content (AvgIpc) is 3.00. The van der Waals surface area contributed by atoms with E-state index in [1.165, 1.54) is 6.07 Å². The van der Waals surface area contributed by atoms with E-state index in [2.05, 4.69) is 10.2 Å². The lowest BCUT2D eigenvalue weighted by atomic mass is 10.1. The Bertz CT molecular complexity index is 681. The Morgan fingerprint density at radius 3 is 2.60 bits per heavy atom. The zero-order valence-electron chi connectivity index (χ0n) is 10.7. The van der Waals surface area contributed by atoms with Gasteiger partial charge >= 0.3 is 0 Å². The van der Waals surface area contributed by atoms with Crippen LogP contribution >= 0.6 is 0 Å². The van der Waals surface area contributed by atoms with E-state index < -0.39 is 0 Å². The molecule has 0 spiro atoms. The number of hydrogen-bond donors (Lipinski definition) is 1. The number of benzene rings is 2. The smallest absolute Gasteiger partial charge is 0.136 e. The van der Waals surface area contributed by atoms with Crippen molar-refractivity contribution in [2.24, 2.45) is 0 Å². The van der Waals surface area contributed by atoms with Crippen LogP contribution in [-0.4, -0.2) is 10.2 Å². The molecule has 0 aliphatic heterocycles. The molecule has 2 aromatic carbocycles. The van der Waals surface area contributed by atoms with Crippen LogP contribution in [0.1, 0.15) is 5.56 Å². The van der Waals surface area contributed by atoms with Gasteiger partial charge in [-0.2, -0.15) is 5.10 Å². The molecule has 100 valence electrons. The van der Waals surface area contributed by atoms with E-state index in [0.717, 1.165) is 5.56 Å². The Hall–Kier alpha value is -2.62. The van der Waals surface area contributed by atoms with Crippen molar-refractivity contribution in [2.75, 3.05) is 0 Å². The SMILES string of the molecule is Fc1cc(OCc2ccccc2)ccc1-c1ccn[nH]1. The number of hydrogen-bond acceptors (Lipinski definition) is 2. The lowest BCUT2D eigenvalue weighted by molar-refractivity contribution is 0.304. The van der Waals surface area contributed by atoms with Crippen LogP contribution in [-0.2, 0) is 6.61 Å². The quantitative estimate of drug-likeness (QED) is 0.781. The summed E-state index contributed by atoms with van der Waals surface area (Å²) in [7, 11) is 0. The molecule has 4 heteroatoms. The van der Waals surface area contributed by atoms with E-state index in [9.17, 15) is 4.39 Å². The minimum atomic E-state index is -0.334. The first-order valence-electron chi connectivity index (χ1n) is 6.29. The molecule has 1 N–H and O–H groups in total. The third kappa shape index (κ3) is 2.69. The molecule has 1 aromatic heterocycles. The van der Waals surface area contributed by atoms with Gasteiger partial charge in [-0.05, 0) is 23.8 Å². The summed E-state index contributed by atoms with van der Waals surface area (Å²) in [4.78, 5) is 0. The highest BCUT2D eigenvalue weighted by atomic mass is 19.1. The number of aromatic amines is 1. The summed E-state index contributed by atoms with van der Waals surface area (Å²) in [6.07, 6.45) is 1.59. The van der Waals surface area contributed by atoms with Gasteiger partial charge in [-0.15, -0.1) is 0 Å². The van der Waals surface area contributed by atoms with E-state index in [1.54, 1.807) is 24.4 Å². The van der Waals surface area contributed by atoms with Crippen molar-refractivity contribution >= 4 is 0 Å². The van der Waals surface area contributed by atoms with Crippen molar-refractivity contribution in [2.45, 2.75) is 6.61 Å². The monoisotopic (exact) mass is 268 g/mol. The average molecular weight is 268 g/mol. The molecule has 1 heterocycles. The van der Waals surface area contributed by atoms with Gasteiger partial charge < -0.3 is 4.74 Å². The molecule has 0 atom stereocenters. The molecule has 0 radical (unpaired) electrons. The molecule has 0 amide bonds. The Balaban J connectivity index is 1.74. The minimum absolute atomic E-state index is 0.334. The highest BCUT2D eigenvalue weighted by molar-refractivity contribution is 5.60. The first-order chi connectivity index (χ1) is 9.83. The summed E-state index contributed by atoms with van der Waals surface area (Å²) in [5, 5.41) is 6.56. The van der Waals surface area contributed by atoms with Crippen molar-refractivity contribution in [1.29, 1.82) is 0 Å². The third-order valence-corrected chi connectivity index (χ3v) is 2.98. The summed E-state index contributed by atoms with van der Waals surface area (Å²) < 4.78 is 19.6. The molecule has 3 nitrogen and oxygen atoms in total. The number of aromatic nitrogens is 2. The summed E-state index contributed by atoms with van der Waals surface area (Å²) in [5.74, 6) is 0.175. The van der Waals surface area contributed by atoms with Gasteiger partial charge in [-0.1, -0.05) is 30.3 Å². The molecule has 0 unspecified atom stereocenters. The summed E-state index contributed by atoms with van der Waals surface area (Å²) in [5.41, 5.74) is 2.18. The fraction of sp³-hybridized carbons (Fsp3) is 0.0625. The Morgan fingerprint density at radius 1 is 1.05 bits per heavy atom. The molecule has 20 heavy (non-hydrogen) atoms. The molecule has 3 rings (SSSR count). The number of rotatable bonds is 4. The van der Waals surface area contributed by atoms with Crippen molar-refractivity contribution in [3.05, 3.63) is 72.2 Å². The molecular formula is C16H13FN2O. The van der Waals surface area contributed by atoms with Crippen LogP contribution in [0.3, 0.4) is 0 Å². The van der Waals surface area contributed by atoms with Crippen molar-refractivity contribution in [1.82, 2.24) is 10.2 Å². The zero-order chi connectivity index (χ0) is 13.8. The van der Waals surface area contributed by atoms with Crippen LogP contribution in [0, 0.1) is 5.82 Å². The molecule has 3 aromatic rings. The van der Waals surface area contributed by atoms with E-state index in [-0.39, 0.29) is 5.82 Å². The van der Waals surface area contributed by atoms with E-state index in [1.807, 2.05) is 30.3 Å². The maximum atomic E-state index is 14.0. The minimum Gasteiger partial charge on any atom is -0.489 e. The predicted molar refractivity (Wildman–Crippen MR) is 74.8 cm³/mol. The molecule has 0 bridgehead atoms. The van der Waals surface area contributed by atoms with Crippen LogP contribution in [0.4, 0.5) is 4.39 Å². The largest absolute Gasteiger partial charge is 0.489 e. The normalized spacial score (nSPS) is 10.4. The van der Waals surface area contributed by atoms with Crippen LogP contribution in [0.15, 0.2) is 60.8 Å². The van der Waals surface area contributed by atoms with Gasteiger partial charge in [-0.25, -0.2) is 4.39 Å². The molecular weight excluding hydrogens is 255 g/mol. The van der Waals surface area contributed by atoms with Crippen molar-refractivity contribution in [3.63, 3.8) is 0 Å². The summed E-state index contributed by atoms with van der Waals surface area (Å²) >= 11 is 0. The number of halogens is 1. The Morgan fingerprint density at radius 2 is 1.90 bits per heavy atom. The number of nitrogens with zero attached hydrogens (tertiary/aromatic N) is 1. The maximum Gasteiger partial charge on any atom is 0.136 e.